The van der Waals surface area contributed by atoms with Crippen LogP contribution in [-0.2, 0) is 4.74 Å². The fourth-order valence-electron chi connectivity index (χ4n) is 0.597. The highest BCUT2D eigenvalue weighted by molar-refractivity contribution is 7.87. The van der Waals surface area contributed by atoms with Crippen molar-refractivity contribution < 1.29 is 9.84 Å². The number of hydrogen-bond donors (Lipinski definition) is 1. The molecule has 0 rings (SSSR count). The lowest BCUT2D eigenvalue weighted by Crippen LogP contribution is -2.03. The largest absolute Gasteiger partial charge is 0.483 e. The topological polar surface area (TPSA) is 29.5 Å². The van der Waals surface area contributed by atoms with E-state index in [-0.39, 0.29) is 6.61 Å². The third kappa shape index (κ3) is 7.84. The van der Waals surface area contributed by atoms with Crippen LogP contribution in [0.15, 0.2) is 0 Å². The van der Waals surface area contributed by atoms with Gasteiger partial charge in [0.1, 0.15) is 0 Å². The summed E-state index contributed by atoms with van der Waals surface area (Å²) in [7, 11) is 0. The molecule has 0 aromatic rings. The van der Waals surface area contributed by atoms with Crippen molar-refractivity contribution in [2.75, 3.05) is 13.2 Å². The minimum atomic E-state index is 0.248. The van der Waals surface area contributed by atoms with Crippen LogP contribution in [0.4, 0.5) is 0 Å². The van der Waals surface area contributed by atoms with E-state index in [4.69, 9.17) is 22.1 Å². The molecule has 0 heterocycles. The van der Waals surface area contributed by atoms with Crippen LogP contribution in [0, 0.1) is 0 Å². The highest BCUT2D eigenvalue weighted by Crippen LogP contribution is 1.94. The molecular weight excluding hydrogens is 180 g/mol. The summed E-state index contributed by atoms with van der Waals surface area (Å²) in [5, 5.41) is 10.2. The Hall–Kier alpha value is -0.0600. The van der Waals surface area contributed by atoms with Gasteiger partial charge in [-0.1, -0.05) is 12.2 Å². The zero-order chi connectivity index (χ0) is 8.53. The average Bonchev–Trinajstić information content (AvgIpc) is 2.04. The number of aliphatic hydroxyl groups is 1. The molecule has 0 spiro atoms. The SMILES string of the molecule is OCCCCCOC(=S)C=S. The lowest BCUT2D eigenvalue weighted by atomic mass is 10.2. The third-order valence-corrected chi connectivity index (χ3v) is 1.74. The minimum absolute atomic E-state index is 0.248. The van der Waals surface area contributed by atoms with E-state index in [1.807, 2.05) is 0 Å². The van der Waals surface area contributed by atoms with Crippen LogP contribution in [0.2, 0.25) is 0 Å². The molecular formula is C7H12O2S2. The van der Waals surface area contributed by atoms with Crippen LogP contribution in [0.25, 0.3) is 0 Å². The second-order valence-electron chi connectivity index (χ2n) is 2.07. The second-order valence-corrected chi connectivity index (χ2v) is 2.71. The number of aliphatic hydroxyl groups excluding tert-OH is 1. The molecule has 1 N–H and O–H groups in total. The van der Waals surface area contributed by atoms with Gasteiger partial charge in [-0.3, -0.25) is 0 Å². The van der Waals surface area contributed by atoms with Crippen molar-refractivity contribution >= 4 is 34.9 Å². The fourth-order valence-corrected chi connectivity index (χ4v) is 0.749. The maximum absolute atomic E-state index is 8.43. The molecule has 0 saturated heterocycles. The van der Waals surface area contributed by atoms with Gasteiger partial charge in [0.2, 0.25) is 0 Å². The number of rotatable bonds is 6. The van der Waals surface area contributed by atoms with Crippen LogP contribution in [-0.4, -0.2) is 28.7 Å². The molecule has 0 bridgehead atoms. The molecule has 0 fully saturated rings. The number of thiocarbonyl (C=S) groups is 2. The van der Waals surface area contributed by atoms with Crippen LogP contribution < -0.4 is 0 Å². The smallest absolute Gasteiger partial charge is 0.194 e. The average molecular weight is 192 g/mol. The summed E-state index contributed by atoms with van der Waals surface area (Å²) in [4.78, 5) is 0. The Bertz CT molecular complexity index is 126. The molecule has 0 atom stereocenters. The van der Waals surface area contributed by atoms with Crippen molar-refractivity contribution in [2.24, 2.45) is 0 Å². The first kappa shape index (κ1) is 10.9. The van der Waals surface area contributed by atoms with Gasteiger partial charge in [-0.05, 0) is 31.5 Å². The van der Waals surface area contributed by atoms with Gasteiger partial charge in [0.25, 0.3) is 0 Å². The maximum Gasteiger partial charge on any atom is 0.194 e. The summed E-state index contributed by atoms with van der Waals surface area (Å²) in [6.45, 7) is 0.851. The Morgan fingerprint density at radius 1 is 1.36 bits per heavy atom. The summed E-state index contributed by atoms with van der Waals surface area (Å²) in [6, 6.07) is 0. The van der Waals surface area contributed by atoms with Crippen molar-refractivity contribution in [1.29, 1.82) is 0 Å². The predicted octanol–water partition coefficient (Wildman–Crippen LogP) is 1.49. The van der Waals surface area contributed by atoms with E-state index in [2.05, 4.69) is 12.2 Å². The Kier molecular flexibility index (Phi) is 8.00. The summed E-state index contributed by atoms with van der Waals surface area (Å²) in [5.41, 5.74) is 0. The minimum Gasteiger partial charge on any atom is -0.483 e. The molecule has 0 aliphatic rings. The summed E-state index contributed by atoms with van der Waals surface area (Å²) in [5.74, 6) is 0. The number of unbranched alkanes of at least 4 members (excludes halogenated alkanes) is 2. The zero-order valence-electron chi connectivity index (χ0n) is 6.28. The Morgan fingerprint density at radius 3 is 2.64 bits per heavy atom. The summed E-state index contributed by atoms with van der Waals surface area (Å²) >= 11 is 9.25. The monoisotopic (exact) mass is 192 g/mol. The van der Waals surface area contributed by atoms with E-state index in [1.165, 1.54) is 5.37 Å². The lowest BCUT2D eigenvalue weighted by Gasteiger charge is -2.01. The zero-order valence-corrected chi connectivity index (χ0v) is 7.92. The first-order valence-corrected chi connectivity index (χ1v) is 4.42. The van der Waals surface area contributed by atoms with Crippen LogP contribution in [0.5, 0.6) is 0 Å². The molecule has 2 nitrogen and oxygen atoms in total. The highest BCUT2D eigenvalue weighted by Gasteiger charge is 1.91. The van der Waals surface area contributed by atoms with Gasteiger partial charge in [-0.2, -0.15) is 0 Å². The normalized spacial score (nSPS) is 9.18. The van der Waals surface area contributed by atoms with Crippen LogP contribution in [0.3, 0.4) is 0 Å². The third-order valence-electron chi connectivity index (χ3n) is 1.14. The lowest BCUT2D eigenvalue weighted by molar-refractivity contribution is 0.266. The fraction of sp³-hybridized carbons (Fsp3) is 0.714. The van der Waals surface area contributed by atoms with Gasteiger partial charge in [-0.15, -0.1) is 0 Å². The van der Waals surface area contributed by atoms with Gasteiger partial charge in [0, 0.05) is 6.61 Å². The van der Waals surface area contributed by atoms with Gasteiger partial charge < -0.3 is 9.84 Å². The molecule has 0 aromatic carbocycles. The first-order valence-electron chi connectivity index (χ1n) is 3.54. The number of ether oxygens (including phenoxy) is 1. The van der Waals surface area contributed by atoms with Crippen molar-refractivity contribution in [3.8, 4) is 0 Å². The molecule has 0 saturated carbocycles. The molecule has 0 unspecified atom stereocenters. The summed E-state index contributed by atoms with van der Waals surface area (Å²) < 4.78 is 5.03. The molecule has 4 heteroatoms. The van der Waals surface area contributed by atoms with Crippen molar-refractivity contribution in [3.63, 3.8) is 0 Å². The maximum atomic E-state index is 8.43. The molecule has 0 aliphatic carbocycles. The van der Waals surface area contributed by atoms with Crippen LogP contribution in [0.1, 0.15) is 19.3 Å². The highest BCUT2D eigenvalue weighted by atomic mass is 32.1. The van der Waals surface area contributed by atoms with E-state index >= 15 is 0 Å². The Balaban J connectivity index is 3.01. The van der Waals surface area contributed by atoms with Gasteiger partial charge in [0.05, 0.1) is 12.0 Å². The molecule has 64 valence electrons. The molecule has 11 heavy (non-hydrogen) atoms. The molecule has 0 aliphatic heterocycles. The van der Waals surface area contributed by atoms with E-state index in [1.54, 1.807) is 0 Å². The van der Waals surface area contributed by atoms with E-state index in [0.717, 1.165) is 19.3 Å². The van der Waals surface area contributed by atoms with Gasteiger partial charge in [-0.25, -0.2) is 0 Å². The standard InChI is InChI=1S/C7H12O2S2/c8-4-2-1-3-5-9-7(11)6-10/h6,8H,1-5H2. The van der Waals surface area contributed by atoms with Crippen molar-refractivity contribution in [3.05, 3.63) is 0 Å². The van der Waals surface area contributed by atoms with E-state index in [0.29, 0.717) is 11.7 Å². The summed E-state index contributed by atoms with van der Waals surface area (Å²) in [6.07, 6.45) is 2.72. The van der Waals surface area contributed by atoms with Crippen molar-refractivity contribution in [2.45, 2.75) is 19.3 Å². The van der Waals surface area contributed by atoms with E-state index < -0.39 is 0 Å². The number of hydrogen-bond acceptors (Lipinski definition) is 4. The van der Waals surface area contributed by atoms with Gasteiger partial charge >= 0.3 is 0 Å². The Morgan fingerprint density at radius 2 is 2.09 bits per heavy atom. The molecule has 0 aromatic heterocycles. The Labute approximate surface area is 77.6 Å². The van der Waals surface area contributed by atoms with Crippen molar-refractivity contribution in [1.82, 2.24) is 0 Å². The molecule has 0 radical (unpaired) electrons. The molecule has 0 amide bonds. The van der Waals surface area contributed by atoms with Crippen LogP contribution >= 0.6 is 24.4 Å². The first-order chi connectivity index (χ1) is 5.31. The van der Waals surface area contributed by atoms with E-state index in [9.17, 15) is 0 Å². The van der Waals surface area contributed by atoms with Gasteiger partial charge in [0.15, 0.2) is 5.05 Å². The predicted molar refractivity (Wildman–Crippen MR) is 53.1 cm³/mol. The second kappa shape index (κ2) is 8.04. The quantitative estimate of drug-likeness (QED) is 0.510.